The van der Waals surface area contributed by atoms with E-state index in [4.69, 9.17) is 10.9 Å². The Hall–Kier alpha value is -2.02. The standard InChI is InChI=1S/C14H18N4O2S/c1-9(2)6-12-16-17-14(18(12)15)21-8-10-4-3-5-11(7-10)13(19)20/h3-5,7,9H,6,8,15H2,1-2H3,(H,19,20). The molecule has 3 N–H and O–H groups in total. The maximum absolute atomic E-state index is 10.9. The van der Waals surface area contributed by atoms with Crippen LogP contribution >= 0.6 is 11.8 Å². The smallest absolute Gasteiger partial charge is 0.335 e. The van der Waals surface area contributed by atoms with Crippen LogP contribution in [-0.4, -0.2) is 25.9 Å². The Morgan fingerprint density at radius 1 is 1.43 bits per heavy atom. The van der Waals surface area contributed by atoms with Crippen molar-refractivity contribution in [3.63, 3.8) is 0 Å². The number of hydrogen-bond donors (Lipinski definition) is 2. The number of aromatic carboxylic acids is 1. The first-order chi connectivity index (χ1) is 9.97. The van der Waals surface area contributed by atoms with E-state index in [-0.39, 0.29) is 5.56 Å². The second kappa shape index (κ2) is 6.62. The lowest BCUT2D eigenvalue weighted by Crippen LogP contribution is -2.15. The van der Waals surface area contributed by atoms with Gasteiger partial charge >= 0.3 is 5.97 Å². The Morgan fingerprint density at radius 2 is 2.19 bits per heavy atom. The molecule has 0 amide bonds. The van der Waals surface area contributed by atoms with Gasteiger partial charge in [-0.25, -0.2) is 9.47 Å². The Kier molecular flexibility index (Phi) is 4.85. The van der Waals surface area contributed by atoms with Gasteiger partial charge in [0, 0.05) is 12.2 Å². The highest BCUT2D eigenvalue weighted by atomic mass is 32.2. The van der Waals surface area contributed by atoms with Crippen LogP contribution in [0.4, 0.5) is 0 Å². The highest BCUT2D eigenvalue weighted by Gasteiger charge is 2.12. The zero-order valence-electron chi connectivity index (χ0n) is 12.0. The fraction of sp³-hybridized carbons (Fsp3) is 0.357. The molecule has 0 saturated heterocycles. The molecule has 0 saturated carbocycles. The van der Waals surface area contributed by atoms with E-state index in [1.807, 2.05) is 6.07 Å². The van der Waals surface area contributed by atoms with Crippen LogP contribution in [0.1, 0.15) is 35.6 Å². The van der Waals surface area contributed by atoms with Gasteiger partial charge in [0.25, 0.3) is 0 Å². The molecule has 112 valence electrons. The summed E-state index contributed by atoms with van der Waals surface area (Å²) in [6.07, 6.45) is 0.776. The highest BCUT2D eigenvalue weighted by molar-refractivity contribution is 7.98. The van der Waals surface area contributed by atoms with Crippen LogP contribution in [-0.2, 0) is 12.2 Å². The van der Waals surface area contributed by atoms with Crippen LogP contribution in [0.3, 0.4) is 0 Å². The molecule has 0 spiro atoms. The minimum absolute atomic E-state index is 0.280. The second-order valence-electron chi connectivity index (χ2n) is 5.16. The van der Waals surface area contributed by atoms with Crippen LogP contribution < -0.4 is 5.84 Å². The molecule has 0 aliphatic rings. The highest BCUT2D eigenvalue weighted by Crippen LogP contribution is 2.21. The first kappa shape index (κ1) is 15.4. The first-order valence-electron chi connectivity index (χ1n) is 6.61. The lowest BCUT2D eigenvalue weighted by atomic mass is 10.1. The third-order valence-electron chi connectivity index (χ3n) is 2.87. The number of hydrogen-bond acceptors (Lipinski definition) is 5. The van der Waals surface area contributed by atoms with E-state index in [1.54, 1.807) is 18.2 Å². The van der Waals surface area contributed by atoms with Crippen molar-refractivity contribution in [2.45, 2.75) is 31.2 Å². The summed E-state index contributed by atoms with van der Waals surface area (Å²) < 4.78 is 1.51. The summed E-state index contributed by atoms with van der Waals surface area (Å²) in [5.41, 5.74) is 1.19. The van der Waals surface area contributed by atoms with Crippen LogP contribution in [0.2, 0.25) is 0 Å². The monoisotopic (exact) mass is 306 g/mol. The van der Waals surface area contributed by atoms with E-state index in [2.05, 4.69) is 24.0 Å². The van der Waals surface area contributed by atoms with Gasteiger partial charge in [0.1, 0.15) is 0 Å². The number of benzene rings is 1. The molecule has 7 heteroatoms. The Bertz CT molecular complexity index is 640. The summed E-state index contributed by atoms with van der Waals surface area (Å²) >= 11 is 1.44. The number of carboxylic acids is 1. The molecule has 1 heterocycles. The van der Waals surface area contributed by atoms with Crippen molar-refractivity contribution in [2.75, 3.05) is 5.84 Å². The second-order valence-corrected chi connectivity index (χ2v) is 6.10. The molecule has 21 heavy (non-hydrogen) atoms. The third-order valence-corrected chi connectivity index (χ3v) is 3.88. The number of nitrogen functional groups attached to an aromatic ring is 1. The maximum Gasteiger partial charge on any atom is 0.335 e. The van der Waals surface area contributed by atoms with Crippen LogP contribution in [0.25, 0.3) is 0 Å². The van der Waals surface area contributed by atoms with Crippen molar-refractivity contribution in [3.8, 4) is 0 Å². The van der Waals surface area contributed by atoms with Gasteiger partial charge < -0.3 is 10.9 Å². The number of aromatic nitrogens is 3. The van der Waals surface area contributed by atoms with Crippen LogP contribution in [0, 0.1) is 5.92 Å². The van der Waals surface area contributed by atoms with E-state index in [1.165, 1.54) is 16.4 Å². The van der Waals surface area contributed by atoms with Crippen molar-refractivity contribution in [1.82, 2.24) is 14.9 Å². The van der Waals surface area contributed by atoms with Crippen molar-refractivity contribution in [3.05, 3.63) is 41.2 Å². The van der Waals surface area contributed by atoms with Crippen molar-refractivity contribution in [2.24, 2.45) is 5.92 Å². The zero-order valence-corrected chi connectivity index (χ0v) is 12.8. The molecular formula is C14H18N4O2S. The average Bonchev–Trinajstić information content (AvgIpc) is 2.77. The number of carbonyl (C=O) groups is 1. The Balaban J connectivity index is 2.05. The largest absolute Gasteiger partial charge is 0.478 e. The fourth-order valence-electron chi connectivity index (χ4n) is 1.85. The molecule has 1 aromatic carbocycles. The Labute approximate surface area is 127 Å². The average molecular weight is 306 g/mol. The van der Waals surface area contributed by atoms with Gasteiger partial charge in [0.2, 0.25) is 5.16 Å². The molecule has 1 aromatic heterocycles. The SMILES string of the molecule is CC(C)Cc1nnc(SCc2cccc(C(=O)O)c2)n1N. The van der Waals surface area contributed by atoms with E-state index in [9.17, 15) is 4.79 Å². The van der Waals surface area contributed by atoms with Gasteiger partial charge in [-0.3, -0.25) is 0 Å². The van der Waals surface area contributed by atoms with Gasteiger partial charge in [-0.05, 0) is 23.6 Å². The summed E-state index contributed by atoms with van der Waals surface area (Å²) in [5.74, 6) is 6.85. The molecule has 0 fully saturated rings. The van der Waals surface area contributed by atoms with E-state index in [0.29, 0.717) is 16.8 Å². The maximum atomic E-state index is 10.9. The number of nitrogens with two attached hydrogens (primary N) is 1. The number of carboxylic acid groups (broad SMARTS) is 1. The minimum atomic E-state index is -0.928. The minimum Gasteiger partial charge on any atom is -0.478 e. The normalized spacial score (nSPS) is 11.0. The quantitative estimate of drug-likeness (QED) is 0.627. The van der Waals surface area contributed by atoms with Gasteiger partial charge in [-0.1, -0.05) is 37.7 Å². The molecule has 0 aliphatic heterocycles. The van der Waals surface area contributed by atoms with Crippen LogP contribution in [0.5, 0.6) is 0 Å². The molecule has 0 atom stereocenters. The number of thioether (sulfide) groups is 1. The van der Waals surface area contributed by atoms with E-state index >= 15 is 0 Å². The topological polar surface area (TPSA) is 94.0 Å². The van der Waals surface area contributed by atoms with Gasteiger partial charge in [0.15, 0.2) is 5.82 Å². The summed E-state index contributed by atoms with van der Waals surface area (Å²) in [6.45, 7) is 4.19. The Morgan fingerprint density at radius 3 is 2.86 bits per heavy atom. The number of nitrogens with zero attached hydrogens (tertiary/aromatic N) is 3. The fourth-order valence-corrected chi connectivity index (χ4v) is 2.67. The molecule has 0 unspecified atom stereocenters. The summed E-state index contributed by atoms with van der Waals surface area (Å²) in [4.78, 5) is 10.9. The molecule has 0 aliphatic carbocycles. The van der Waals surface area contributed by atoms with Gasteiger partial charge in [0.05, 0.1) is 5.56 Å². The zero-order chi connectivity index (χ0) is 15.4. The van der Waals surface area contributed by atoms with Crippen molar-refractivity contribution >= 4 is 17.7 Å². The molecule has 6 nitrogen and oxygen atoms in total. The summed E-state index contributed by atoms with van der Waals surface area (Å²) in [6, 6.07) is 6.84. The van der Waals surface area contributed by atoms with Crippen molar-refractivity contribution < 1.29 is 9.90 Å². The lowest BCUT2D eigenvalue weighted by molar-refractivity contribution is 0.0697. The van der Waals surface area contributed by atoms with E-state index < -0.39 is 5.97 Å². The first-order valence-corrected chi connectivity index (χ1v) is 7.60. The van der Waals surface area contributed by atoms with Gasteiger partial charge in [-0.2, -0.15) is 0 Å². The molecular weight excluding hydrogens is 288 g/mol. The van der Waals surface area contributed by atoms with Crippen LogP contribution in [0.15, 0.2) is 29.4 Å². The van der Waals surface area contributed by atoms with Crippen molar-refractivity contribution in [1.29, 1.82) is 0 Å². The molecule has 0 radical (unpaired) electrons. The summed E-state index contributed by atoms with van der Waals surface area (Å²) in [7, 11) is 0. The predicted octanol–water partition coefficient (Wildman–Crippen LogP) is 2.18. The molecule has 2 rings (SSSR count). The van der Waals surface area contributed by atoms with Gasteiger partial charge in [-0.15, -0.1) is 10.2 Å². The molecule has 2 aromatic rings. The molecule has 0 bridgehead atoms. The number of rotatable bonds is 6. The summed E-state index contributed by atoms with van der Waals surface area (Å²) in [5, 5.41) is 17.8. The lowest BCUT2D eigenvalue weighted by Gasteiger charge is -2.05. The van der Waals surface area contributed by atoms with E-state index in [0.717, 1.165) is 17.8 Å². The third kappa shape index (κ3) is 3.98. The predicted molar refractivity (Wildman–Crippen MR) is 81.7 cm³/mol.